The van der Waals surface area contributed by atoms with Crippen LogP contribution < -0.4 is 48.7 Å². The quantitative estimate of drug-likeness (QED) is 0.00687. The van der Waals surface area contributed by atoms with Crippen LogP contribution in [-0.4, -0.2) is 258 Å². The molecule has 5 aromatic rings. The number of phenolic OH excluding ortho intramolecular Hbond substituents is 1. The van der Waals surface area contributed by atoms with Crippen molar-refractivity contribution in [1.29, 1.82) is 0 Å². The van der Waals surface area contributed by atoms with Gasteiger partial charge >= 0.3 is 55.0 Å². The summed E-state index contributed by atoms with van der Waals surface area (Å²) in [4.78, 5) is 146. The minimum absolute atomic E-state index is 0. The summed E-state index contributed by atoms with van der Waals surface area (Å²) in [5.74, 6) is 8.53. The summed E-state index contributed by atoms with van der Waals surface area (Å²) in [6.45, 7) is 60.6. The fraction of sp³-hybridized carbons (Fsp3) is 0.563. The molecule has 0 bridgehead atoms. The van der Waals surface area contributed by atoms with Crippen molar-refractivity contribution in [1.82, 2.24) is 41.3 Å². The van der Waals surface area contributed by atoms with Crippen molar-refractivity contribution in [2.24, 2.45) is 43.3 Å². The van der Waals surface area contributed by atoms with E-state index in [0.717, 1.165) is 34.4 Å². The van der Waals surface area contributed by atoms with Crippen LogP contribution in [0.15, 0.2) is 141 Å². The van der Waals surface area contributed by atoms with Crippen LogP contribution in [-0.2, 0) is 72.6 Å². The first kappa shape index (κ1) is 130. The molecule has 4 unspecified atom stereocenters. The van der Waals surface area contributed by atoms with E-state index in [9.17, 15) is 53.1 Å². The second-order valence-corrected chi connectivity index (χ2v) is 41.9. The predicted octanol–water partition coefficient (Wildman–Crippen LogP) is 17.6. The third-order valence-electron chi connectivity index (χ3n) is 17.4. The molecule has 9 rings (SSSR count). The Balaban J connectivity index is 0.00000170. The third kappa shape index (κ3) is 56.6. The number of phenols is 1. The number of carbonyl (C=O) groups is 10. The fourth-order valence-corrected chi connectivity index (χ4v) is 11.4. The summed E-state index contributed by atoms with van der Waals surface area (Å²) >= 11 is 0. The molecule has 4 heterocycles. The van der Waals surface area contributed by atoms with Gasteiger partial charge in [-0.2, -0.15) is 0 Å². The summed E-state index contributed by atoms with van der Waals surface area (Å²) in [5.41, 5.74) is 12.2. The molecular weight excluding hydrogens is 1920 g/mol. The van der Waals surface area contributed by atoms with Gasteiger partial charge in [0.2, 0.25) is 0 Å². The molecule has 4 aliphatic heterocycles. The molecule has 0 fully saturated rings. The third-order valence-corrected chi connectivity index (χ3v) is 17.4. The molecule has 0 aromatic heterocycles. The van der Waals surface area contributed by atoms with Gasteiger partial charge in [-0.05, 0) is 275 Å². The van der Waals surface area contributed by atoms with Crippen LogP contribution in [0, 0.1) is 34.1 Å². The number of aryl methyl sites for hydroxylation is 3. The Labute approximate surface area is 854 Å². The number of hydrogen-bond donors (Lipinski definition) is 9. The van der Waals surface area contributed by atoms with Gasteiger partial charge in [-0.1, -0.05) is 104 Å². The Morgan fingerprint density at radius 1 is 0.401 bits per heavy atom. The second-order valence-electron chi connectivity index (χ2n) is 41.9. The summed E-state index contributed by atoms with van der Waals surface area (Å²) < 4.78 is 57.1. The molecule has 4 aliphatic rings. The van der Waals surface area contributed by atoms with Crippen LogP contribution in [0.4, 0.5) is 43.2 Å². The summed E-state index contributed by atoms with van der Waals surface area (Å²) in [7, 11) is 0. The molecular formula is C103H162N15O23Pd-. The van der Waals surface area contributed by atoms with Gasteiger partial charge in [0, 0.05) is 54.8 Å². The molecule has 12 N–H and O–H groups in total. The Bertz CT molecular complexity index is 4720. The topological polar surface area (TPSA) is 499 Å². The van der Waals surface area contributed by atoms with Crippen LogP contribution in [0.25, 0.3) is 0 Å². The number of nitrogens with two attached hydrogens (primary N) is 3. The number of nitrogens with one attached hydrogen (secondary N) is 5. The second kappa shape index (κ2) is 59.2. The molecule has 0 aliphatic carbocycles. The van der Waals surface area contributed by atoms with Crippen LogP contribution in [0.1, 0.15) is 251 Å². The van der Waals surface area contributed by atoms with Gasteiger partial charge in [-0.3, -0.25) is 39.5 Å². The Morgan fingerprint density at radius 3 is 0.930 bits per heavy atom. The van der Waals surface area contributed by atoms with Crippen molar-refractivity contribution >= 4 is 84.6 Å². The van der Waals surface area contributed by atoms with Crippen molar-refractivity contribution < 1.29 is 130 Å². The van der Waals surface area contributed by atoms with E-state index in [1.165, 1.54) is 38.0 Å². The number of benzene rings is 5. The van der Waals surface area contributed by atoms with Crippen molar-refractivity contribution in [2.45, 2.75) is 297 Å². The molecule has 7 amide bonds. The van der Waals surface area contributed by atoms with Crippen molar-refractivity contribution in [2.75, 3.05) is 78.7 Å². The van der Waals surface area contributed by atoms with Gasteiger partial charge in [-0.25, -0.2) is 49.0 Å². The first-order valence-corrected chi connectivity index (χ1v) is 46.0. The molecule has 39 heteroatoms. The van der Waals surface area contributed by atoms with E-state index in [4.69, 9.17) is 64.7 Å². The monoisotopic (exact) mass is 2080 g/mol. The Kier molecular flexibility index (Phi) is 54.1. The number of amidine groups is 4. The maximum absolute atomic E-state index is 12.9. The standard InChI is InChI=1S/C22H34N4O6.C21H31N3O4.C20H29N3O5.C16H23N3O2.C10H18O5.C8H8O.C4H12N2.CH4.CH3.Pd/c1-21(2,3)31-19(27)25-16-13-24-18(26(14-16)20(28)32-22(4,5)6)15-7-9-17(10-8-15)29-11-12-30-23;1-14-8-10-15(11-9-14)17-22-12-16(23-18(25)27-20(2,3)4)13-24(17)19(26)28-21(5,6)7;1-19(2,3)27-17(25)22-14-11-21-16(13-7-9-15(24)10-8-13)23(12-14)18(26)28-20(4,5)6;1-11-5-7-12(8-6-11)14-17-9-13(10-18-14)19-15(20)21-16(2,3)4;1-9(2,3)14-7(11)13-8(12)15-10(4,5)6;1-7-2-4-8(6-9)5-3-7;1-4(2-5)3-6;;;/h7-10,16H,11-14,23H2,1-6H3,(H,25,27);8-11,16H,12-13H2,1-7H3,(H,23,25);7-10,14,24H,11-12H2,1-6H3,(H,22,25);5-8,13H,9-10H2,1-4H3,(H,17,18)(H,19,20);1-6H3;2-6H,1H3;4H,2-3,5-6H2,1H3;1H4;1H3;/q;;;;;;;;-1;. The largest absolute Gasteiger partial charge is 0.519 e. The number of carbonyl (C=O) groups excluding carboxylic acids is 10. The SMILES string of the molecule is C.CC(C)(C)OC(=O)NC1CN=C(c2ccc(O)cc2)N(C(=O)OC(C)(C)C)C1.CC(C)(C)OC(=O)NC1CN=C(c2ccc(OCCON)cc2)N(C(=O)OC(C)(C)C)C1.CC(C)(C)OC(=O)OC(=O)OC(C)(C)C.CC(CN)CN.Cc1ccc(C2=NCC(NC(=O)OC(C)(C)C)CN2)cc1.Cc1ccc(C2=NCC(NC(=O)OC(C)(C)C)CN2C(=O)OC(C)(C)C)cc1.Cc1ccc(C=O)cc1.[CH3-].[Pd]. The van der Waals surface area contributed by atoms with Gasteiger partial charge in [0.15, 0.2) is 0 Å². The van der Waals surface area contributed by atoms with E-state index < -0.39 is 117 Å². The van der Waals surface area contributed by atoms with Crippen molar-refractivity contribution in [3.63, 3.8) is 0 Å². The number of aromatic hydroxyl groups is 1. The van der Waals surface area contributed by atoms with E-state index in [1.54, 1.807) is 182 Å². The molecule has 0 saturated heterocycles. The minimum atomic E-state index is -1.06. The number of aliphatic imine (C=N–C) groups is 4. The molecule has 0 radical (unpaired) electrons. The summed E-state index contributed by atoms with van der Waals surface area (Å²) in [5, 5.41) is 23.9. The number of ether oxygens (including phenoxy) is 11. The maximum atomic E-state index is 12.9. The molecule has 798 valence electrons. The summed E-state index contributed by atoms with van der Waals surface area (Å²) in [6.07, 6.45) is -4.94. The average molecular weight is 2080 g/mol. The van der Waals surface area contributed by atoms with E-state index in [-0.39, 0.29) is 85.9 Å². The zero-order valence-electron chi connectivity index (χ0n) is 88.6. The number of alkyl carbamates (subject to hydrolysis) is 4. The number of hydrogen-bond acceptors (Lipinski definition) is 31. The zero-order chi connectivity index (χ0) is 106. The molecule has 0 saturated carbocycles. The van der Waals surface area contributed by atoms with E-state index in [1.807, 2.05) is 123 Å². The predicted molar refractivity (Wildman–Crippen MR) is 548 cm³/mol. The van der Waals surface area contributed by atoms with Crippen LogP contribution >= 0.6 is 0 Å². The number of rotatable bonds is 15. The van der Waals surface area contributed by atoms with Crippen LogP contribution in [0.2, 0.25) is 0 Å². The van der Waals surface area contributed by atoms with Gasteiger partial charge < -0.3 is 108 Å². The minimum Gasteiger partial charge on any atom is -0.508 e. The summed E-state index contributed by atoms with van der Waals surface area (Å²) in [6, 6.07) is 35.7. The van der Waals surface area contributed by atoms with Gasteiger partial charge in [0.1, 0.15) is 105 Å². The number of nitrogens with zero attached hydrogens (tertiary/aromatic N) is 7. The first-order valence-electron chi connectivity index (χ1n) is 46.0. The molecule has 4 atom stereocenters. The normalized spacial score (nSPS) is 15.7. The van der Waals surface area contributed by atoms with Crippen molar-refractivity contribution in [3.05, 3.63) is 173 Å². The van der Waals surface area contributed by atoms with Gasteiger partial charge in [-0.15, -0.1) is 0 Å². The number of amides is 7. The molecule has 5 aromatic carbocycles. The Hall–Kier alpha value is -12.0. The fourth-order valence-electron chi connectivity index (χ4n) is 11.4. The van der Waals surface area contributed by atoms with Gasteiger partial charge in [0.25, 0.3) is 0 Å². The Morgan fingerprint density at radius 2 is 0.669 bits per heavy atom. The average Bonchev–Trinajstić information content (AvgIpc) is 0.811. The molecule has 38 nitrogen and oxygen atoms in total. The number of aldehydes is 1. The smallest absolute Gasteiger partial charge is 0.508 e. The van der Waals surface area contributed by atoms with E-state index in [0.29, 0.717) is 86.2 Å². The van der Waals surface area contributed by atoms with Crippen LogP contribution in [0.3, 0.4) is 0 Å². The molecule has 0 spiro atoms. The molecule has 142 heavy (non-hydrogen) atoms. The van der Waals surface area contributed by atoms with E-state index >= 15 is 0 Å². The van der Waals surface area contributed by atoms with Crippen LogP contribution in [0.5, 0.6) is 11.5 Å². The first-order chi connectivity index (χ1) is 64.0. The maximum Gasteiger partial charge on any atom is 0.519 e. The van der Waals surface area contributed by atoms with Gasteiger partial charge in [0.05, 0.1) is 70.0 Å². The zero-order valence-corrected chi connectivity index (χ0v) is 90.2. The van der Waals surface area contributed by atoms with E-state index in [2.05, 4.69) is 75.2 Å². The van der Waals surface area contributed by atoms with Crippen molar-refractivity contribution in [3.8, 4) is 11.5 Å².